The van der Waals surface area contributed by atoms with Crippen molar-refractivity contribution in [1.82, 2.24) is 10.3 Å². The highest BCUT2D eigenvalue weighted by atomic mass is 19.4. The highest BCUT2D eigenvalue weighted by Crippen LogP contribution is 2.31. The summed E-state index contributed by atoms with van der Waals surface area (Å²) in [7, 11) is 0. The Labute approximate surface area is 132 Å². The molecular formula is C17H17F3N2O. The quantitative estimate of drug-likeness (QED) is 0.941. The van der Waals surface area contributed by atoms with Crippen LogP contribution in [-0.4, -0.2) is 18.1 Å². The number of fused-ring (bicyclic) bond motifs is 1. The average molecular weight is 322 g/mol. The van der Waals surface area contributed by atoms with E-state index in [2.05, 4.69) is 10.3 Å². The molecule has 122 valence electrons. The normalized spacial score (nSPS) is 14.9. The lowest BCUT2D eigenvalue weighted by Crippen LogP contribution is -2.16. The van der Waals surface area contributed by atoms with E-state index in [9.17, 15) is 13.2 Å². The van der Waals surface area contributed by atoms with Crippen LogP contribution in [0, 0.1) is 0 Å². The highest BCUT2D eigenvalue weighted by molar-refractivity contribution is 5.37. The summed E-state index contributed by atoms with van der Waals surface area (Å²) in [6, 6.07) is 8.01. The van der Waals surface area contributed by atoms with Crippen molar-refractivity contribution in [2.24, 2.45) is 0 Å². The molecule has 2 heterocycles. The predicted octanol–water partition coefficient (Wildman–Crippen LogP) is 3.37. The van der Waals surface area contributed by atoms with Crippen molar-refractivity contribution in [3.8, 4) is 5.75 Å². The van der Waals surface area contributed by atoms with Gasteiger partial charge in [-0.3, -0.25) is 4.98 Å². The number of aromatic nitrogens is 1. The monoisotopic (exact) mass is 322 g/mol. The molecule has 0 fully saturated rings. The topological polar surface area (TPSA) is 34.1 Å². The number of benzene rings is 1. The fourth-order valence-corrected chi connectivity index (χ4v) is 2.70. The molecule has 1 aliphatic rings. The van der Waals surface area contributed by atoms with Gasteiger partial charge < -0.3 is 10.1 Å². The van der Waals surface area contributed by atoms with Crippen LogP contribution in [0.5, 0.6) is 5.75 Å². The Balaban J connectivity index is 1.76. The SMILES string of the molecule is FC(F)(F)c1cccnc1COc1ccc2c(c1)CCNCC2. The Kier molecular flexibility index (Phi) is 4.52. The number of nitrogens with one attached hydrogen (secondary N) is 1. The number of nitrogens with zero attached hydrogens (tertiary/aromatic N) is 1. The molecule has 1 aromatic carbocycles. The molecule has 3 nitrogen and oxygen atoms in total. The van der Waals surface area contributed by atoms with Gasteiger partial charge in [-0.25, -0.2) is 0 Å². The number of pyridine rings is 1. The Morgan fingerprint density at radius 3 is 2.65 bits per heavy atom. The van der Waals surface area contributed by atoms with Gasteiger partial charge in [-0.05, 0) is 61.3 Å². The van der Waals surface area contributed by atoms with Crippen LogP contribution >= 0.6 is 0 Å². The van der Waals surface area contributed by atoms with Gasteiger partial charge in [0.15, 0.2) is 0 Å². The van der Waals surface area contributed by atoms with E-state index in [1.807, 2.05) is 12.1 Å². The second kappa shape index (κ2) is 6.58. The van der Waals surface area contributed by atoms with Crippen molar-refractivity contribution in [2.75, 3.05) is 13.1 Å². The molecule has 0 bridgehead atoms. The highest BCUT2D eigenvalue weighted by Gasteiger charge is 2.33. The molecule has 0 amide bonds. The first-order chi connectivity index (χ1) is 11.0. The van der Waals surface area contributed by atoms with Crippen LogP contribution in [0.1, 0.15) is 22.4 Å². The second-order valence-corrected chi connectivity index (χ2v) is 5.46. The zero-order valence-electron chi connectivity index (χ0n) is 12.5. The van der Waals surface area contributed by atoms with E-state index >= 15 is 0 Å². The number of hydrogen-bond acceptors (Lipinski definition) is 3. The minimum Gasteiger partial charge on any atom is -0.487 e. The number of alkyl halides is 3. The lowest BCUT2D eigenvalue weighted by Gasteiger charge is -2.13. The van der Waals surface area contributed by atoms with Crippen molar-refractivity contribution >= 4 is 0 Å². The van der Waals surface area contributed by atoms with Gasteiger partial charge in [0.25, 0.3) is 0 Å². The minimum atomic E-state index is -4.42. The number of rotatable bonds is 3. The van der Waals surface area contributed by atoms with Crippen LogP contribution in [0.25, 0.3) is 0 Å². The Morgan fingerprint density at radius 1 is 1.09 bits per heavy atom. The Bertz CT molecular complexity index is 686. The molecule has 0 atom stereocenters. The lowest BCUT2D eigenvalue weighted by molar-refractivity contribution is -0.138. The van der Waals surface area contributed by atoms with Gasteiger partial charge in [-0.1, -0.05) is 6.07 Å². The van der Waals surface area contributed by atoms with Gasteiger partial charge in [-0.15, -0.1) is 0 Å². The van der Waals surface area contributed by atoms with Crippen molar-refractivity contribution in [3.05, 3.63) is 58.9 Å². The first kappa shape index (κ1) is 15.8. The fraction of sp³-hybridized carbons (Fsp3) is 0.353. The predicted molar refractivity (Wildman–Crippen MR) is 80.3 cm³/mol. The largest absolute Gasteiger partial charge is 0.487 e. The first-order valence-corrected chi connectivity index (χ1v) is 7.50. The molecule has 1 aromatic heterocycles. The molecule has 0 spiro atoms. The van der Waals surface area contributed by atoms with E-state index in [1.54, 1.807) is 6.07 Å². The maximum absolute atomic E-state index is 12.9. The smallest absolute Gasteiger partial charge is 0.418 e. The Morgan fingerprint density at radius 2 is 1.87 bits per heavy atom. The minimum absolute atomic E-state index is 0.100. The number of hydrogen-bond donors (Lipinski definition) is 1. The molecule has 0 aliphatic carbocycles. The van der Waals surface area contributed by atoms with Crippen LogP contribution < -0.4 is 10.1 Å². The molecule has 2 aromatic rings. The standard InChI is InChI=1S/C17H17F3N2O/c18-17(19,20)15-2-1-7-22-16(15)11-23-14-4-3-12-5-8-21-9-6-13(12)10-14/h1-4,7,10,21H,5-6,8-9,11H2. The first-order valence-electron chi connectivity index (χ1n) is 7.50. The van der Waals surface area contributed by atoms with E-state index < -0.39 is 11.7 Å². The Hall–Kier alpha value is -2.08. The van der Waals surface area contributed by atoms with Crippen LogP contribution in [0.15, 0.2) is 36.5 Å². The molecule has 1 N–H and O–H groups in total. The maximum atomic E-state index is 12.9. The fourth-order valence-electron chi connectivity index (χ4n) is 2.70. The summed E-state index contributed by atoms with van der Waals surface area (Å²) in [5.41, 5.74) is 1.59. The van der Waals surface area contributed by atoms with E-state index in [0.29, 0.717) is 5.75 Å². The van der Waals surface area contributed by atoms with Crippen molar-refractivity contribution in [3.63, 3.8) is 0 Å². The van der Waals surface area contributed by atoms with Crippen LogP contribution in [0.4, 0.5) is 13.2 Å². The van der Waals surface area contributed by atoms with E-state index in [4.69, 9.17) is 4.74 Å². The second-order valence-electron chi connectivity index (χ2n) is 5.46. The molecular weight excluding hydrogens is 305 g/mol. The number of ether oxygens (including phenoxy) is 1. The summed E-state index contributed by atoms with van der Waals surface area (Å²) in [5.74, 6) is 0.574. The van der Waals surface area contributed by atoms with Gasteiger partial charge >= 0.3 is 6.18 Å². The van der Waals surface area contributed by atoms with Gasteiger partial charge in [0.05, 0.1) is 11.3 Å². The van der Waals surface area contributed by atoms with Crippen LogP contribution in [0.3, 0.4) is 0 Å². The molecule has 6 heteroatoms. The third-order valence-electron chi connectivity index (χ3n) is 3.89. The lowest BCUT2D eigenvalue weighted by atomic mass is 10.0. The summed E-state index contributed by atoms with van der Waals surface area (Å²) in [5, 5.41) is 3.32. The molecule has 0 radical (unpaired) electrons. The number of halogens is 3. The summed E-state index contributed by atoms with van der Waals surface area (Å²) in [6.07, 6.45) is -1.24. The van der Waals surface area contributed by atoms with Gasteiger partial charge in [0.1, 0.15) is 12.4 Å². The van der Waals surface area contributed by atoms with E-state index in [-0.39, 0.29) is 12.3 Å². The average Bonchev–Trinajstić information content (AvgIpc) is 2.77. The summed E-state index contributed by atoms with van der Waals surface area (Å²) >= 11 is 0. The van der Waals surface area contributed by atoms with Gasteiger partial charge in [0, 0.05) is 6.20 Å². The van der Waals surface area contributed by atoms with Gasteiger partial charge in [0.2, 0.25) is 0 Å². The van der Waals surface area contributed by atoms with Crippen molar-refractivity contribution in [2.45, 2.75) is 25.6 Å². The summed E-state index contributed by atoms with van der Waals surface area (Å²) in [4.78, 5) is 3.81. The van der Waals surface area contributed by atoms with Crippen LogP contribution in [0.2, 0.25) is 0 Å². The molecule has 1 aliphatic heterocycles. The maximum Gasteiger partial charge on any atom is 0.418 e. The molecule has 0 unspecified atom stereocenters. The molecule has 0 saturated carbocycles. The third kappa shape index (κ3) is 3.82. The zero-order valence-corrected chi connectivity index (χ0v) is 12.5. The molecule has 0 saturated heterocycles. The van der Waals surface area contributed by atoms with Crippen molar-refractivity contribution < 1.29 is 17.9 Å². The van der Waals surface area contributed by atoms with Crippen LogP contribution in [-0.2, 0) is 25.6 Å². The molecule has 3 rings (SSSR count). The summed E-state index contributed by atoms with van der Waals surface area (Å²) < 4.78 is 44.4. The summed E-state index contributed by atoms with van der Waals surface area (Å²) in [6.45, 7) is 1.64. The zero-order chi connectivity index (χ0) is 16.3. The molecule has 23 heavy (non-hydrogen) atoms. The van der Waals surface area contributed by atoms with Crippen molar-refractivity contribution in [1.29, 1.82) is 0 Å². The van der Waals surface area contributed by atoms with E-state index in [1.165, 1.54) is 23.4 Å². The van der Waals surface area contributed by atoms with Gasteiger partial charge in [-0.2, -0.15) is 13.2 Å². The van der Waals surface area contributed by atoms with E-state index in [0.717, 1.165) is 32.0 Å². The third-order valence-corrected chi connectivity index (χ3v) is 3.89.